The van der Waals surface area contributed by atoms with Crippen molar-refractivity contribution in [3.05, 3.63) is 94.2 Å². The summed E-state index contributed by atoms with van der Waals surface area (Å²) in [5.41, 5.74) is -2.86. The molecule has 0 spiro atoms. The van der Waals surface area contributed by atoms with Gasteiger partial charge < -0.3 is 14.2 Å². The number of rotatable bonds is 7. The van der Waals surface area contributed by atoms with E-state index in [1.165, 1.54) is 39.9 Å². The van der Waals surface area contributed by atoms with Gasteiger partial charge in [0.2, 0.25) is 5.60 Å². The Balaban J connectivity index is 1.92. The maximum atomic E-state index is 14.5. The molecule has 0 amide bonds. The van der Waals surface area contributed by atoms with Crippen LogP contribution in [0.15, 0.2) is 67.1 Å². The third-order valence-corrected chi connectivity index (χ3v) is 5.85. The highest BCUT2D eigenvalue weighted by Gasteiger charge is 2.56. The van der Waals surface area contributed by atoms with Crippen molar-refractivity contribution in [2.24, 2.45) is 0 Å². The quantitative estimate of drug-likeness (QED) is 0.290. The van der Waals surface area contributed by atoms with Crippen LogP contribution < -0.4 is 0 Å². The first-order valence-corrected chi connectivity index (χ1v) is 10.6. The van der Waals surface area contributed by atoms with Crippen molar-refractivity contribution in [2.75, 3.05) is 0 Å². The summed E-state index contributed by atoms with van der Waals surface area (Å²) >= 11 is 0. The van der Waals surface area contributed by atoms with Crippen molar-refractivity contribution >= 4 is 16.6 Å². The van der Waals surface area contributed by atoms with Crippen molar-refractivity contribution in [3.8, 4) is 0 Å². The maximum absolute atomic E-state index is 14.5. The number of hydrogen-bond acceptors (Lipinski definition) is 4. The molecule has 0 fully saturated rings. The van der Waals surface area contributed by atoms with Gasteiger partial charge in [-0.25, -0.2) is 4.98 Å². The number of aromatic nitrogens is 3. The topological polar surface area (TPSA) is 86.1 Å². The van der Waals surface area contributed by atoms with E-state index in [2.05, 4.69) is 4.98 Å². The van der Waals surface area contributed by atoms with Crippen LogP contribution in [-0.2, 0) is 18.7 Å². The Hall–Kier alpha value is -3.66. The predicted molar refractivity (Wildman–Crippen MR) is 120 cm³/mol. The van der Waals surface area contributed by atoms with Gasteiger partial charge >= 0.3 is 6.18 Å². The summed E-state index contributed by atoms with van der Waals surface area (Å²) in [5, 5.41) is 22.7. The van der Waals surface area contributed by atoms with Crippen LogP contribution in [0.1, 0.15) is 36.7 Å². The van der Waals surface area contributed by atoms with Gasteiger partial charge in [-0.05, 0) is 11.6 Å². The highest BCUT2D eigenvalue weighted by molar-refractivity contribution is 5.87. The van der Waals surface area contributed by atoms with Crippen LogP contribution in [0.25, 0.3) is 10.9 Å². The third-order valence-electron chi connectivity index (χ3n) is 5.85. The molecule has 1 atom stereocenters. The minimum absolute atomic E-state index is 0.0903. The smallest absolute Gasteiger partial charge is 0.375 e. The van der Waals surface area contributed by atoms with Crippen molar-refractivity contribution in [2.45, 2.75) is 44.6 Å². The summed E-state index contributed by atoms with van der Waals surface area (Å²) in [6, 6.07) is 12.7. The number of nitrogens with zero attached hydrogens (tertiary/aromatic N) is 4. The third kappa shape index (κ3) is 4.16. The molecule has 0 aliphatic rings. The van der Waals surface area contributed by atoms with Gasteiger partial charge in [-0.1, -0.05) is 44.2 Å². The van der Waals surface area contributed by atoms with E-state index in [1.54, 1.807) is 38.1 Å². The number of benzene rings is 2. The molecule has 7 nitrogen and oxygen atoms in total. The zero-order valence-electron chi connectivity index (χ0n) is 18.5. The van der Waals surface area contributed by atoms with Gasteiger partial charge in [-0.3, -0.25) is 10.1 Å². The van der Waals surface area contributed by atoms with E-state index >= 15 is 0 Å². The SMILES string of the molecule is CC(C)c1nccn1CC(O)(c1cn(Cc2ccccc2)c2cc([N+](=O)[O-])ccc12)C(F)(F)F. The molecule has 1 unspecified atom stereocenters. The molecule has 34 heavy (non-hydrogen) atoms. The average molecular weight is 472 g/mol. The molecule has 2 aromatic heterocycles. The Labute approximate surface area is 193 Å². The second kappa shape index (κ2) is 8.60. The molecule has 2 aromatic carbocycles. The van der Waals surface area contributed by atoms with E-state index in [4.69, 9.17) is 0 Å². The van der Waals surface area contributed by atoms with E-state index in [0.717, 1.165) is 11.6 Å². The number of imidazole rings is 1. The first-order chi connectivity index (χ1) is 16.0. The van der Waals surface area contributed by atoms with Crippen molar-refractivity contribution < 1.29 is 23.2 Å². The van der Waals surface area contributed by atoms with Gasteiger partial charge in [0, 0.05) is 54.1 Å². The molecule has 0 saturated heterocycles. The second-order valence-electron chi connectivity index (χ2n) is 8.54. The molecule has 0 saturated carbocycles. The Bertz CT molecular complexity index is 1330. The summed E-state index contributed by atoms with van der Waals surface area (Å²) in [5.74, 6) is 0.251. The van der Waals surface area contributed by atoms with Crippen LogP contribution in [0.2, 0.25) is 0 Å². The zero-order valence-corrected chi connectivity index (χ0v) is 18.5. The number of hydrogen-bond donors (Lipinski definition) is 1. The first-order valence-electron chi connectivity index (χ1n) is 10.6. The number of aliphatic hydroxyl groups is 1. The van der Waals surface area contributed by atoms with Crippen molar-refractivity contribution in [3.63, 3.8) is 0 Å². The van der Waals surface area contributed by atoms with E-state index in [0.29, 0.717) is 5.82 Å². The van der Waals surface area contributed by atoms with Crippen LogP contribution in [0.5, 0.6) is 0 Å². The largest absolute Gasteiger partial charge is 0.423 e. The van der Waals surface area contributed by atoms with E-state index < -0.39 is 23.2 Å². The van der Waals surface area contributed by atoms with Crippen molar-refractivity contribution in [1.82, 2.24) is 14.1 Å². The molecule has 10 heteroatoms. The number of fused-ring (bicyclic) bond motifs is 1. The van der Waals surface area contributed by atoms with E-state index in [9.17, 15) is 28.4 Å². The van der Waals surface area contributed by atoms with E-state index in [-0.39, 0.29) is 34.6 Å². The maximum Gasteiger partial charge on any atom is 0.423 e. The molecule has 4 rings (SSSR count). The van der Waals surface area contributed by atoms with Gasteiger partial charge in [0.25, 0.3) is 5.69 Å². The van der Waals surface area contributed by atoms with Crippen LogP contribution in [-0.4, -0.2) is 30.3 Å². The predicted octanol–water partition coefficient (Wildman–Crippen LogP) is 5.37. The lowest BCUT2D eigenvalue weighted by molar-refractivity contribution is -0.384. The number of non-ortho nitro benzene ring substituents is 1. The lowest BCUT2D eigenvalue weighted by Crippen LogP contribution is -2.46. The summed E-state index contributed by atoms with van der Waals surface area (Å²) < 4.78 is 46.3. The Morgan fingerprint density at radius 1 is 1.12 bits per heavy atom. The van der Waals surface area contributed by atoms with Gasteiger partial charge in [0.1, 0.15) is 5.82 Å². The van der Waals surface area contributed by atoms with Crippen molar-refractivity contribution in [1.29, 1.82) is 0 Å². The fourth-order valence-corrected chi connectivity index (χ4v) is 4.16. The minimum atomic E-state index is -5.03. The van der Waals surface area contributed by atoms with Crippen LogP contribution in [0, 0.1) is 10.1 Å². The van der Waals surface area contributed by atoms with Crippen LogP contribution in [0.3, 0.4) is 0 Å². The molecular formula is C24H23F3N4O3. The summed E-state index contributed by atoms with van der Waals surface area (Å²) in [6.07, 6.45) is -0.992. The van der Waals surface area contributed by atoms with E-state index in [1.807, 2.05) is 6.07 Å². The molecule has 0 aliphatic heterocycles. The summed E-state index contributed by atoms with van der Waals surface area (Å²) in [6.45, 7) is 2.98. The first kappa shape index (κ1) is 23.5. The van der Waals surface area contributed by atoms with Gasteiger partial charge in [-0.15, -0.1) is 0 Å². The summed E-state index contributed by atoms with van der Waals surface area (Å²) in [4.78, 5) is 14.9. The zero-order chi connectivity index (χ0) is 24.7. The van der Waals surface area contributed by atoms with Gasteiger partial charge in [0.05, 0.1) is 17.0 Å². The van der Waals surface area contributed by atoms with Gasteiger partial charge in [-0.2, -0.15) is 13.2 Å². The fraction of sp³-hybridized carbons (Fsp3) is 0.292. The highest BCUT2D eigenvalue weighted by Crippen LogP contribution is 2.44. The average Bonchev–Trinajstić information content (AvgIpc) is 3.38. The second-order valence-corrected chi connectivity index (χ2v) is 8.54. The number of halogens is 3. The number of alkyl halides is 3. The molecule has 178 valence electrons. The fourth-order valence-electron chi connectivity index (χ4n) is 4.16. The molecular weight excluding hydrogens is 449 g/mol. The molecule has 4 aromatic rings. The lowest BCUT2D eigenvalue weighted by atomic mass is 9.92. The minimum Gasteiger partial charge on any atom is -0.375 e. The standard InChI is InChI=1S/C24H23F3N4O3/c1-16(2)22-28-10-11-29(22)15-23(32,24(25,26)27)20-14-30(13-17-6-4-3-5-7-17)21-12-18(31(33)34)8-9-19(20)21/h3-12,14,16,32H,13,15H2,1-2H3. The lowest BCUT2D eigenvalue weighted by Gasteiger charge is -2.31. The molecule has 2 heterocycles. The van der Waals surface area contributed by atoms with Gasteiger partial charge in [0.15, 0.2) is 0 Å². The molecule has 0 aliphatic carbocycles. The highest BCUT2D eigenvalue weighted by atomic mass is 19.4. The van der Waals surface area contributed by atoms with Crippen LogP contribution in [0.4, 0.5) is 18.9 Å². The summed E-state index contributed by atoms with van der Waals surface area (Å²) in [7, 11) is 0. The molecule has 0 bridgehead atoms. The normalized spacial score (nSPS) is 14.0. The Morgan fingerprint density at radius 2 is 1.82 bits per heavy atom. The Kier molecular flexibility index (Phi) is 5.94. The van der Waals surface area contributed by atoms with Crippen LogP contribution >= 0.6 is 0 Å². The number of nitro benzene ring substituents is 1. The molecule has 1 N–H and O–H groups in total. The monoisotopic (exact) mass is 472 g/mol. The number of nitro groups is 1. The molecule has 0 radical (unpaired) electrons. The Morgan fingerprint density at radius 3 is 2.44 bits per heavy atom.